The van der Waals surface area contributed by atoms with Crippen LogP contribution >= 0.6 is 0 Å². The molecule has 1 fully saturated rings. The quantitative estimate of drug-likeness (QED) is 0.701. The lowest BCUT2D eigenvalue weighted by atomic mass is 9.80. The van der Waals surface area contributed by atoms with E-state index in [0.717, 1.165) is 6.54 Å². The van der Waals surface area contributed by atoms with Crippen LogP contribution in [0.3, 0.4) is 0 Å². The van der Waals surface area contributed by atoms with Gasteiger partial charge in [0.1, 0.15) is 0 Å². The lowest BCUT2D eigenvalue weighted by molar-refractivity contribution is 0.127. The fraction of sp³-hybridized carbons (Fsp3) is 1.00. The number of aliphatic hydroxyl groups excluding tert-OH is 1. The van der Waals surface area contributed by atoms with Gasteiger partial charge >= 0.3 is 0 Å². The molecule has 0 aromatic rings. The summed E-state index contributed by atoms with van der Waals surface area (Å²) in [6, 6.07) is 0. The number of piperidine rings is 1. The van der Waals surface area contributed by atoms with Crippen LogP contribution in [0.4, 0.5) is 0 Å². The Balaban J connectivity index is 2.21. The lowest BCUT2D eigenvalue weighted by Crippen LogP contribution is -2.43. The van der Waals surface area contributed by atoms with E-state index in [9.17, 15) is 0 Å². The molecule has 0 aliphatic carbocycles. The van der Waals surface area contributed by atoms with Gasteiger partial charge in [0.2, 0.25) is 0 Å². The minimum Gasteiger partial charge on any atom is -0.392 e. The van der Waals surface area contributed by atoms with Gasteiger partial charge in [-0.05, 0) is 45.3 Å². The predicted molar refractivity (Wildman–Crippen MR) is 59.4 cm³/mol. The summed E-state index contributed by atoms with van der Waals surface area (Å²) in [5, 5.41) is 12.5. The average Bonchev–Trinajstić information content (AvgIpc) is 2.10. The van der Waals surface area contributed by atoms with E-state index in [1.807, 2.05) is 6.92 Å². The van der Waals surface area contributed by atoms with Crippen molar-refractivity contribution < 1.29 is 5.11 Å². The zero-order valence-electron chi connectivity index (χ0n) is 9.71. The van der Waals surface area contributed by atoms with E-state index in [1.54, 1.807) is 0 Å². The molecule has 1 atom stereocenters. The molecule has 0 spiro atoms. The monoisotopic (exact) mass is 200 g/mol. The van der Waals surface area contributed by atoms with Crippen molar-refractivity contribution in [2.75, 3.05) is 33.2 Å². The largest absolute Gasteiger partial charge is 0.392 e. The second kappa shape index (κ2) is 5.10. The molecule has 1 aliphatic rings. The van der Waals surface area contributed by atoms with Gasteiger partial charge in [-0.1, -0.05) is 6.92 Å². The summed E-state index contributed by atoms with van der Waals surface area (Å²) < 4.78 is 0. The van der Waals surface area contributed by atoms with Crippen LogP contribution in [0.1, 0.15) is 26.7 Å². The molecule has 1 heterocycles. The van der Waals surface area contributed by atoms with Crippen molar-refractivity contribution in [1.29, 1.82) is 0 Å². The lowest BCUT2D eigenvalue weighted by Gasteiger charge is -2.38. The van der Waals surface area contributed by atoms with Crippen LogP contribution in [0.2, 0.25) is 0 Å². The Morgan fingerprint density at radius 3 is 2.50 bits per heavy atom. The highest BCUT2D eigenvalue weighted by atomic mass is 16.3. The Kier molecular flexibility index (Phi) is 4.35. The molecule has 3 nitrogen and oxygen atoms in total. The Labute approximate surface area is 87.5 Å². The van der Waals surface area contributed by atoms with Crippen molar-refractivity contribution in [3.63, 3.8) is 0 Å². The number of likely N-dealkylation sites (tertiary alicyclic amines) is 1. The zero-order valence-corrected chi connectivity index (χ0v) is 9.71. The molecule has 0 aromatic carbocycles. The maximum absolute atomic E-state index is 9.14. The highest BCUT2D eigenvalue weighted by Crippen LogP contribution is 2.29. The minimum atomic E-state index is -0.232. The predicted octanol–water partition coefficient (Wildman–Crippen LogP) is 0.689. The van der Waals surface area contributed by atoms with Gasteiger partial charge in [-0.15, -0.1) is 0 Å². The van der Waals surface area contributed by atoms with Crippen LogP contribution in [0.5, 0.6) is 0 Å². The molecule has 3 heteroatoms. The van der Waals surface area contributed by atoms with Crippen LogP contribution < -0.4 is 5.32 Å². The van der Waals surface area contributed by atoms with E-state index in [4.69, 9.17) is 5.11 Å². The number of hydrogen-bond acceptors (Lipinski definition) is 3. The van der Waals surface area contributed by atoms with Gasteiger partial charge in [-0.25, -0.2) is 0 Å². The molecule has 0 aromatic heterocycles. The maximum Gasteiger partial charge on any atom is 0.0636 e. The third-order valence-electron chi connectivity index (χ3n) is 3.19. The third-order valence-corrected chi connectivity index (χ3v) is 3.19. The van der Waals surface area contributed by atoms with Gasteiger partial charge in [-0.2, -0.15) is 0 Å². The van der Waals surface area contributed by atoms with Crippen molar-refractivity contribution >= 4 is 0 Å². The van der Waals surface area contributed by atoms with Crippen LogP contribution in [0, 0.1) is 5.41 Å². The normalized spacial score (nSPS) is 24.9. The summed E-state index contributed by atoms with van der Waals surface area (Å²) in [6.45, 7) is 8.32. The first-order valence-electron chi connectivity index (χ1n) is 5.59. The van der Waals surface area contributed by atoms with Crippen molar-refractivity contribution in [3.8, 4) is 0 Å². The molecule has 0 unspecified atom stereocenters. The molecule has 1 aliphatic heterocycles. The molecular weight excluding hydrogens is 176 g/mol. The van der Waals surface area contributed by atoms with Gasteiger partial charge in [0.25, 0.3) is 0 Å². The first-order valence-corrected chi connectivity index (χ1v) is 5.59. The number of nitrogens with zero attached hydrogens (tertiary/aromatic N) is 1. The molecule has 0 bridgehead atoms. The first-order chi connectivity index (χ1) is 6.52. The van der Waals surface area contributed by atoms with Gasteiger partial charge in [0.15, 0.2) is 0 Å². The van der Waals surface area contributed by atoms with Crippen molar-refractivity contribution in [3.05, 3.63) is 0 Å². The molecule has 14 heavy (non-hydrogen) atoms. The van der Waals surface area contributed by atoms with E-state index in [-0.39, 0.29) is 6.10 Å². The van der Waals surface area contributed by atoms with Crippen LogP contribution in [0.15, 0.2) is 0 Å². The summed E-state index contributed by atoms with van der Waals surface area (Å²) in [7, 11) is 2.18. The summed E-state index contributed by atoms with van der Waals surface area (Å²) in [6.07, 6.45) is 2.29. The van der Waals surface area contributed by atoms with Gasteiger partial charge < -0.3 is 15.3 Å². The highest BCUT2D eigenvalue weighted by molar-refractivity contribution is 4.83. The van der Waals surface area contributed by atoms with E-state index in [1.165, 1.54) is 25.9 Å². The Morgan fingerprint density at radius 2 is 2.00 bits per heavy atom. The van der Waals surface area contributed by atoms with Gasteiger partial charge in [-0.3, -0.25) is 0 Å². The van der Waals surface area contributed by atoms with Gasteiger partial charge in [0, 0.05) is 13.1 Å². The summed E-state index contributed by atoms with van der Waals surface area (Å²) in [5.74, 6) is 0. The smallest absolute Gasteiger partial charge is 0.0636 e. The first kappa shape index (κ1) is 12.0. The summed E-state index contributed by atoms with van der Waals surface area (Å²) in [4.78, 5) is 2.39. The molecule has 0 amide bonds. The molecule has 1 saturated heterocycles. The minimum absolute atomic E-state index is 0.232. The number of aliphatic hydroxyl groups is 1. The summed E-state index contributed by atoms with van der Waals surface area (Å²) >= 11 is 0. The van der Waals surface area contributed by atoms with Crippen LogP contribution in [-0.4, -0.2) is 49.3 Å². The van der Waals surface area contributed by atoms with Crippen molar-refractivity contribution in [2.45, 2.75) is 32.8 Å². The van der Waals surface area contributed by atoms with Crippen molar-refractivity contribution in [2.24, 2.45) is 5.41 Å². The molecule has 0 radical (unpaired) electrons. The molecule has 2 N–H and O–H groups in total. The van der Waals surface area contributed by atoms with E-state index >= 15 is 0 Å². The van der Waals surface area contributed by atoms with Crippen LogP contribution in [0.25, 0.3) is 0 Å². The second-order valence-corrected chi connectivity index (χ2v) is 5.09. The Hall–Kier alpha value is -0.120. The summed E-state index contributed by atoms with van der Waals surface area (Å²) in [5.41, 5.74) is 0.432. The second-order valence-electron chi connectivity index (χ2n) is 5.09. The highest BCUT2D eigenvalue weighted by Gasteiger charge is 2.28. The maximum atomic E-state index is 9.14. The number of rotatable bonds is 4. The van der Waals surface area contributed by atoms with Crippen LogP contribution in [-0.2, 0) is 0 Å². The van der Waals surface area contributed by atoms with E-state index < -0.39 is 0 Å². The van der Waals surface area contributed by atoms with Gasteiger partial charge in [0.05, 0.1) is 6.10 Å². The number of nitrogens with one attached hydrogen (secondary N) is 1. The standard InChI is InChI=1S/C11H24N2O/c1-10(14)8-12-9-11(2)4-6-13(3)7-5-11/h10,12,14H,4-9H2,1-3H3/t10-/m1/s1. The Morgan fingerprint density at radius 1 is 1.43 bits per heavy atom. The topological polar surface area (TPSA) is 35.5 Å². The fourth-order valence-electron chi connectivity index (χ4n) is 1.92. The van der Waals surface area contributed by atoms with Crippen molar-refractivity contribution in [1.82, 2.24) is 10.2 Å². The number of hydrogen-bond donors (Lipinski definition) is 2. The molecule has 84 valence electrons. The average molecular weight is 200 g/mol. The molecular formula is C11H24N2O. The molecule has 0 saturated carbocycles. The third kappa shape index (κ3) is 3.95. The Bertz CT molecular complexity index is 163. The zero-order chi connectivity index (χ0) is 10.6. The fourth-order valence-corrected chi connectivity index (χ4v) is 1.92. The van der Waals surface area contributed by atoms with E-state index in [2.05, 4.69) is 24.2 Å². The van der Waals surface area contributed by atoms with E-state index in [0.29, 0.717) is 12.0 Å². The molecule has 1 rings (SSSR count). The SMILES string of the molecule is C[C@@H](O)CNCC1(C)CCN(C)CC1.